The third-order valence-corrected chi connectivity index (χ3v) is 4.29. The number of carbonyl (C=O) groups is 1. The van der Waals surface area contributed by atoms with Crippen molar-refractivity contribution in [3.8, 4) is 0 Å². The SMILES string of the molecule is CCC(CC)NC(=O)C(C)N(C)CC1CCCCN1. The molecule has 1 aliphatic heterocycles. The van der Waals surface area contributed by atoms with Gasteiger partial charge in [-0.1, -0.05) is 20.3 Å². The summed E-state index contributed by atoms with van der Waals surface area (Å²) in [4.78, 5) is 14.3. The van der Waals surface area contributed by atoms with E-state index in [2.05, 4.69) is 29.4 Å². The van der Waals surface area contributed by atoms with Crippen LogP contribution in [0.4, 0.5) is 0 Å². The second-order valence-corrected chi connectivity index (χ2v) is 5.78. The van der Waals surface area contributed by atoms with Gasteiger partial charge in [0.15, 0.2) is 0 Å². The molecule has 0 spiro atoms. The molecule has 112 valence electrons. The van der Waals surface area contributed by atoms with Crippen molar-refractivity contribution in [3.05, 3.63) is 0 Å². The van der Waals surface area contributed by atoms with Crippen molar-refractivity contribution in [2.24, 2.45) is 0 Å². The van der Waals surface area contributed by atoms with Gasteiger partial charge in [0.25, 0.3) is 0 Å². The molecule has 0 saturated carbocycles. The van der Waals surface area contributed by atoms with E-state index in [0.717, 1.165) is 25.9 Å². The van der Waals surface area contributed by atoms with E-state index in [1.54, 1.807) is 0 Å². The van der Waals surface area contributed by atoms with Gasteiger partial charge in [0.2, 0.25) is 5.91 Å². The Morgan fingerprint density at radius 2 is 2.05 bits per heavy atom. The third kappa shape index (κ3) is 5.49. The van der Waals surface area contributed by atoms with Crippen LogP contribution in [-0.2, 0) is 4.79 Å². The van der Waals surface area contributed by atoms with Crippen LogP contribution in [0, 0.1) is 0 Å². The van der Waals surface area contributed by atoms with Gasteiger partial charge in [-0.25, -0.2) is 0 Å². The molecule has 19 heavy (non-hydrogen) atoms. The van der Waals surface area contributed by atoms with Crippen molar-refractivity contribution in [2.45, 2.75) is 71.0 Å². The average Bonchev–Trinajstić information content (AvgIpc) is 2.44. The van der Waals surface area contributed by atoms with E-state index in [1.165, 1.54) is 19.3 Å². The first-order chi connectivity index (χ1) is 9.08. The summed E-state index contributed by atoms with van der Waals surface area (Å²) in [5.41, 5.74) is 0. The molecule has 4 nitrogen and oxygen atoms in total. The van der Waals surface area contributed by atoms with E-state index in [0.29, 0.717) is 12.1 Å². The molecule has 2 unspecified atom stereocenters. The van der Waals surface area contributed by atoms with Gasteiger partial charge < -0.3 is 10.6 Å². The van der Waals surface area contributed by atoms with Gasteiger partial charge in [-0.2, -0.15) is 0 Å². The highest BCUT2D eigenvalue weighted by Crippen LogP contribution is 2.09. The highest BCUT2D eigenvalue weighted by Gasteiger charge is 2.23. The smallest absolute Gasteiger partial charge is 0.237 e. The van der Waals surface area contributed by atoms with E-state index >= 15 is 0 Å². The molecule has 0 aromatic heterocycles. The topological polar surface area (TPSA) is 44.4 Å². The van der Waals surface area contributed by atoms with Crippen molar-refractivity contribution in [1.82, 2.24) is 15.5 Å². The lowest BCUT2D eigenvalue weighted by Crippen LogP contribution is -2.51. The van der Waals surface area contributed by atoms with E-state index in [1.807, 2.05) is 14.0 Å². The molecular formula is C15H31N3O. The maximum absolute atomic E-state index is 12.2. The molecule has 1 heterocycles. The van der Waals surface area contributed by atoms with Crippen LogP contribution in [-0.4, -0.2) is 49.1 Å². The summed E-state index contributed by atoms with van der Waals surface area (Å²) in [6.07, 6.45) is 5.82. The Labute approximate surface area is 118 Å². The maximum Gasteiger partial charge on any atom is 0.237 e. The lowest BCUT2D eigenvalue weighted by molar-refractivity contribution is -0.126. The standard InChI is InChI=1S/C15H31N3O/c1-5-13(6-2)17-15(19)12(3)18(4)11-14-9-7-8-10-16-14/h12-14,16H,5-11H2,1-4H3,(H,17,19). The van der Waals surface area contributed by atoms with Crippen LogP contribution in [0.3, 0.4) is 0 Å². The summed E-state index contributed by atoms with van der Waals surface area (Å²) < 4.78 is 0. The summed E-state index contributed by atoms with van der Waals surface area (Å²) in [5.74, 6) is 0.159. The molecule has 2 N–H and O–H groups in total. The second kappa shape index (κ2) is 8.54. The first-order valence-electron chi connectivity index (χ1n) is 7.82. The summed E-state index contributed by atoms with van der Waals surface area (Å²) >= 11 is 0. The monoisotopic (exact) mass is 269 g/mol. The van der Waals surface area contributed by atoms with Crippen LogP contribution < -0.4 is 10.6 Å². The zero-order valence-electron chi connectivity index (χ0n) is 13.0. The number of amides is 1. The molecule has 1 aliphatic rings. The minimum atomic E-state index is -0.0515. The predicted molar refractivity (Wildman–Crippen MR) is 80.2 cm³/mol. The van der Waals surface area contributed by atoms with Crippen molar-refractivity contribution in [3.63, 3.8) is 0 Å². The molecule has 1 amide bonds. The summed E-state index contributed by atoms with van der Waals surface area (Å²) in [7, 11) is 2.05. The summed E-state index contributed by atoms with van der Waals surface area (Å²) in [6.45, 7) is 8.31. The first-order valence-corrected chi connectivity index (χ1v) is 7.82. The Morgan fingerprint density at radius 3 is 2.58 bits per heavy atom. The number of piperidine rings is 1. The Hall–Kier alpha value is -0.610. The summed E-state index contributed by atoms with van der Waals surface area (Å²) in [5, 5.41) is 6.67. The highest BCUT2D eigenvalue weighted by molar-refractivity contribution is 5.81. The van der Waals surface area contributed by atoms with Crippen LogP contribution in [0.2, 0.25) is 0 Å². The maximum atomic E-state index is 12.2. The lowest BCUT2D eigenvalue weighted by atomic mass is 10.0. The van der Waals surface area contributed by atoms with Crippen LogP contribution in [0.15, 0.2) is 0 Å². The van der Waals surface area contributed by atoms with E-state index < -0.39 is 0 Å². The lowest BCUT2D eigenvalue weighted by Gasteiger charge is -2.31. The van der Waals surface area contributed by atoms with Gasteiger partial charge in [-0.15, -0.1) is 0 Å². The Balaban J connectivity index is 2.37. The van der Waals surface area contributed by atoms with E-state index in [-0.39, 0.29) is 11.9 Å². The van der Waals surface area contributed by atoms with Crippen LogP contribution in [0.1, 0.15) is 52.9 Å². The normalized spacial score (nSPS) is 21.7. The van der Waals surface area contributed by atoms with Gasteiger partial charge >= 0.3 is 0 Å². The Bertz CT molecular complexity index is 260. The molecule has 0 aromatic carbocycles. The molecular weight excluding hydrogens is 238 g/mol. The molecule has 0 aromatic rings. The Morgan fingerprint density at radius 1 is 1.37 bits per heavy atom. The quantitative estimate of drug-likeness (QED) is 0.740. The van der Waals surface area contributed by atoms with Gasteiger partial charge in [-0.05, 0) is 46.2 Å². The number of rotatable bonds is 7. The van der Waals surface area contributed by atoms with Gasteiger partial charge in [0.05, 0.1) is 6.04 Å². The zero-order valence-corrected chi connectivity index (χ0v) is 13.0. The molecule has 0 radical (unpaired) electrons. The van der Waals surface area contributed by atoms with Crippen molar-refractivity contribution < 1.29 is 4.79 Å². The summed E-state index contributed by atoms with van der Waals surface area (Å²) in [6, 6.07) is 0.808. The van der Waals surface area contributed by atoms with Gasteiger partial charge in [-0.3, -0.25) is 9.69 Å². The van der Waals surface area contributed by atoms with Gasteiger partial charge in [0.1, 0.15) is 0 Å². The average molecular weight is 269 g/mol. The number of likely N-dealkylation sites (N-methyl/N-ethyl adjacent to an activating group) is 1. The Kier molecular flexibility index (Phi) is 7.39. The second-order valence-electron chi connectivity index (χ2n) is 5.78. The predicted octanol–water partition coefficient (Wildman–Crippen LogP) is 1.75. The van der Waals surface area contributed by atoms with Crippen LogP contribution in [0.5, 0.6) is 0 Å². The minimum absolute atomic E-state index is 0.0515. The van der Waals surface area contributed by atoms with E-state index in [4.69, 9.17) is 0 Å². The number of nitrogens with one attached hydrogen (secondary N) is 2. The van der Waals surface area contributed by atoms with Crippen molar-refractivity contribution in [2.75, 3.05) is 20.1 Å². The fraction of sp³-hybridized carbons (Fsp3) is 0.933. The number of carbonyl (C=O) groups excluding carboxylic acids is 1. The fourth-order valence-electron chi connectivity index (χ4n) is 2.60. The largest absolute Gasteiger partial charge is 0.352 e. The third-order valence-electron chi connectivity index (χ3n) is 4.29. The molecule has 1 fully saturated rings. The van der Waals surface area contributed by atoms with Crippen molar-refractivity contribution >= 4 is 5.91 Å². The minimum Gasteiger partial charge on any atom is -0.352 e. The number of nitrogens with zero attached hydrogens (tertiary/aromatic N) is 1. The molecule has 1 rings (SSSR count). The molecule has 0 aliphatic carbocycles. The van der Waals surface area contributed by atoms with Crippen LogP contribution in [0.25, 0.3) is 0 Å². The van der Waals surface area contributed by atoms with E-state index in [9.17, 15) is 4.79 Å². The van der Waals surface area contributed by atoms with Crippen molar-refractivity contribution in [1.29, 1.82) is 0 Å². The zero-order chi connectivity index (χ0) is 14.3. The molecule has 2 atom stereocenters. The van der Waals surface area contributed by atoms with Gasteiger partial charge in [0, 0.05) is 18.6 Å². The molecule has 0 bridgehead atoms. The molecule has 1 saturated heterocycles. The highest BCUT2D eigenvalue weighted by atomic mass is 16.2. The molecule has 4 heteroatoms. The van der Waals surface area contributed by atoms with Crippen LogP contribution >= 0.6 is 0 Å². The number of hydrogen-bond acceptors (Lipinski definition) is 3. The number of hydrogen-bond donors (Lipinski definition) is 2. The fourth-order valence-corrected chi connectivity index (χ4v) is 2.60. The first kappa shape index (κ1) is 16.4.